The van der Waals surface area contributed by atoms with E-state index in [-0.39, 0.29) is 11.3 Å². The predicted molar refractivity (Wildman–Crippen MR) is 60.7 cm³/mol. The van der Waals surface area contributed by atoms with Gasteiger partial charge in [-0.15, -0.1) is 0 Å². The van der Waals surface area contributed by atoms with E-state index in [4.69, 9.17) is 0 Å². The van der Waals surface area contributed by atoms with Crippen molar-refractivity contribution in [3.8, 4) is 5.75 Å². The number of ether oxygens (including phenoxy) is 2. The largest absolute Gasteiger partial charge is 0.507 e. The molecule has 0 spiro atoms. The van der Waals surface area contributed by atoms with Crippen molar-refractivity contribution in [1.29, 1.82) is 0 Å². The van der Waals surface area contributed by atoms with Gasteiger partial charge in [0, 0.05) is 11.6 Å². The number of aliphatic hydroxyl groups is 1. The van der Waals surface area contributed by atoms with E-state index in [1.807, 2.05) is 0 Å². The summed E-state index contributed by atoms with van der Waals surface area (Å²) in [7, 11) is 1.02. The first kappa shape index (κ1) is 14.6. The summed E-state index contributed by atoms with van der Waals surface area (Å²) in [6.07, 6.45) is 0.632. The van der Waals surface area contributed by atoms with Gasteiger partial charge in [-0.2, -0.15) is 8.78 Å². The first-order chi connectivity index (χ1) is 8.93. The lowest BCUT2D eigenvalue weighted by molar-refractivity contribution is -0.149. The molecule has 19 heavy (non-hydrogen) atoms. The van der Waals surface area contributed by atoms with Crippen molar-refractivity contribution in [1.82, 2.24) is 0 Å². The Balaban J connectivity index is 2.93. The highest BCUT2D eigenvalue weighted by Crippen LogP contribution is 2.20. The van der Waals surface area contributed by atoms with Gasteiger partial charge in [-0.3, -0.25) is 4.79 Å². The highest BCUT2D eigenvalue weighted by Gasteiger charge is 2.13. The number of halogens is 2. The van der Waals surface area contributed by atoms with Crippen molar-refractivity contribution in [2.45, 2.75) is 6.61 Å². The van der Waals surface area contributed by atoms with Crippen LogP contribution in [0.1, 0.15) is 5.56 Å². The number of esters is 1. The molecule has 0 saturated carbocycles. The van der Waals surface area contributed by atoms with Gasteiger partial charge in [-0.25, -0.2) is 4.79 Å². The van der Waals surface area contributed by atoms with E-state index in [1.54, 1.807) is 0 Å². The van der Waals surface area contributed by atoms with E-state index in [1.165, 1.54) is 18.2 Å². The van der Waals surface area contributed by atoms with E-state index >= 15 is 0 Å². The normalized spacial score (nSPS) is 11.3. The molecule has 0 unspecified atom stereocenters. The predicted octanol–water partition coefficient (Wildman–Crippen LogP) is 1.93. The zero-order valence-electron chi connectivity index (χ0n) is 9.80. The molecule has 0 radical (unpaired) electrons. The van der Waals surface area contributed by atoms with E-state index in [0.29, 0.717) is 6.08 Å². The number of carbonyl (C=O) groups excluding carboxylic acids is 2. The summed E-state index contributed by atoms with van der Waals surface area (Å²) in [6, 6.07) is 5.06. The maximum Gasteiger partial charge on any atom is 0.387 e. The fourth-order valence-electron chi connectivity index (χ4n) is 1.20. The van der Waals surface area contributed by atoms with Gasteiger partial charge in [0.15, 0.2) is 0 Å². The van der Waals surface area contributed by atoms with Gasteiger partial charge in [-0.05, 0) is 12.1 Å². The molecule has 0 aromatic heterocycles. The molecule has 0 atom stereocenters. The second-order valence-electron chi connectivity index (χ2n) is 3.29. The molecule has 0 bridgehead atoms. The Morgan fingerprint density at radius 3 is 2.63 bits per heavy atom. The number of hydrogen-bond acceptors (Lipinski definition) is 5. The number of ketones is 1. The molecule has 0 aliphatic heterocycles. The van der Waals surface area contributed by atoms with Crippen LogP contribution in [0.3, 0.4) is 0 Å². The van der Waals surface area contributed by atoms with Crippen LogP contribution in [0.15, 0.2) is 30.3 Å². The van der Waals surface area contributed by atoms with Crippen molar-refractivity contribution >= 4 is 17.5 Å². The van der Waals surface area contributed by atoms with Gasteiger partial charge < -0.3 is 14.6 Å². The van der Waals surface area contributed by atoms with Crippen LogP contribution in [0.25, 0.3) is 5.76 Å². The highest BCUT2D eigenvalue weighted by molar-refractivity contribution is 6.39. The molecule has 0 amide bonds. The number of carbonyl (C=O) groups is 2. The molecule has 1 rings (SSSR count). The zero-order chi connectivity index (χ0) is 14.4. The summed E-state index contributed by atoms with van der Waals surface area (Å²) >= 11 is 0. The standard InChI is InChI=1S/C12H10F2O5/c1-18-11(17)10(16)6-9(15)7-3-2-4-8(5-7)19-12(13)14/h2-6,12,15H,1H3. The fraction of sp³-hybridized carbons (Fsp3) is 0.167. The van der Waals surface area contributed by atoms with Crippen molar-refractivity contribution in [3.63, 3.8) is 0 Å². The van der Waals surface area contributed by atoms with Crippen LogP contribution in [0.4, 0.5) is 8.78 Å². The molecular weight excluding hydrogens is 262 g/mol. The quantitative estimate of drug-likeness (QED) is 0.384. The number of aliphatic hydroxyl groups excluding tert-OH is 1. The Bertz CT molecular complexity index is 511. The third-order valence-corrected chi connectivity index (χ3v) is 2.01. The van der Waals surface area contributed by atoms with Crippen molar-refractivity contribution in [3.05, 3.63) is 35.9 Å². The molecular formula is C12H10F2O5. The Morgan fingerprint density at radius 2 is 2.05 bits per heavy atom. The number of alkyl halides is 2. The Morgan fingerprint density at radius 1 is 1.37 bits per heavy atom. The van der Waals surface area contributed by atoms with Gasteiger partial charge >= 0.3 is 12.6 Å². The Labute approximate surface area is 107 Å². The van der Waals surface area contributed by atoms with Gasteiger partial charge in [0.25, 0.3) is 5.78 Å². The van der Waals surface area contributed by atoms with Crippen LogP contribution in [0, 0.1) is 0 Å². The van der Waals surface area contributed by atoms with E-state index in [9.17, 15) is 23.5 Å². The molecule has 0 saturated heterocycles. The third kappa shape index (κ3) is 4.38. The minimum Gasteiger partial charge on any atom is -0.507 e. The molecule has 102 valence electrons. The smallest absolute Gasteiger partial charge is 0.387 e. The second kappa shape index (κ2) is 6.48. The van der Waals surface area contributed by atoms with Crippen molar-refractivity contribution < 1.29 is 33.0 Å². The first-order valence-electron chi connectivity index (χ1n) is 5.02. The van der Waals surface area contributed by atoms with Gasteiger partial charge in [0.2, 0.25) is 0 Å². The summed E-state index contributed by atoms with van der Waals surface area (Å²) in [5.41, 5.74) is 0.0513. The number of hydrogen-bond donors (Lipinski definition) is 1. The highest BCUT2D eigenvalue weighted by atomic mass is 19.3. The Hall–Kier alpha value is -2.44. The third-order valence-electron chi connectivity index (χ3n) is 2.01. The molecule has 1 aromatic rings. The summed E-state index contributed by atoms with van der Waals surface area (Å²) in [5, 5.41) is 9.58. The van der Waals surface area contributed by atoms with E-state index in [0.717, 1.165) is 13.2 Å². The molecule has 0 heterocycles. The van der Waals surface area contributed by atoms with Crippen LogP contribution in [0.2, 0.25) is 0 Å². The number of rotatable bonds is 5. The van der Waals surface area contributed by atoms with Crippen LogP contribution in [0.5, 0.6) is 5.75 Å². The lowest BCUT2D eigenvalue weighted by Gasteiger charge is -2.06. The average molecular weight is 272 g/mol. The SMILES string of the molecule is COC(=O)C(=O)C=C(O)c1cccc(OC(F)F)c1. The van der Waals surface area contributed by atoms with Crippen LogP contribution < -0.4 is 4.74 Å². The van der Waals surface area contributed by atoms with Crippen LogP contribution >= 0.6 is 0 Å². The summed E-state index contributed by atoms with van der Waals surface area (Å²) in [6.45, 7) is -3.00. The van der Waals surface area contributed by atoms with Gasteiger partial charge in [0.05, 0.1) is 7.11 Å². The lowest BCUT2D eigenvalue weighted by Crippen LogP contribution is -2.13. The zero-order valence-corrected chi connectivity index (χ0v) is 9.80. The van der Waals surface area contributed by atoms with Crippen LogP contribution in [-0.2, 0) is 14.3 Å². The number of benzene rings is 1. The topological polar surface area (TPSA) is 72.8 Å². The first-order valence-corrected chi connectivity index (χ1v) is 5.02. The maximum atomic E-state index is 12.0. The fourth-order valence-corrected chi connectivity index (χ4v) is 1.20. The molecule has 5 nitrogen and oxygen atoms in total. The molecule has 7 heteroatoms. The number of methoxy groups -OCH3 is 1. The molecule has 0 aliphatic carbocycles. The minimum atomic E-state index is -3.00. The molecule has 1 N–H and O–H groups in total. The van der Waals surface area contributed by atoms with Gasteiger partial charge in [0.1, 0.15) is 11.5 Å². The van der Waals surface area contributed by atoms with Crippen molar-refractivity contribution in [2.75, 3.05) is 7.11 Å². The second-order valence-corrected chi connectivity index (χ2v) is 3.29. The maximum absolute atomic E-state index is 12.0. The van der Waals surface area contributed by atoms with Gasteiger partial charge in [-0.1, -0.05) is 12.1 Å². The summed E-state index contributed by atoms with van der Waals surface area (Å²) in [4.78, 5) is 22.0. The molecule has 1 aromatic carbocycles. The van der Waals surface area contributed by atoms with Crippen LogP contribution in [-0.4, -0.2) is 30.6 Å². The van der Waals surface area contributed by atoms with Crippen molar-refractivity contribution in [2.24, 2.45) is 0 Å². The summed E-state index contributed by atoms with van der Waals surface area (Å²) < 4.78 is 32.3. The van der Waals surface area contributed by atoms with E-state index in [2.05, 4.69) is 9.47 Å². The summed E-state index contributed by atoms with van der Waals surface area (Å²) in [5.74, 6) is -2.96. The monoisotopic (exact) mass is 272 g/mol. The molecule has 0 fully saturated rings. The Kier molecular flexibility index (Phi) is 4.99. The average Bonchev–Trinajstić information content (AvgIpc) is 2.37. The molecule has 0 aliphatic rings. The van der Waals surface area contributed by atoms with E-state index < -0.39 is 24.1 Å². The lowest BCUT2D eigenvalue weighted by atomic mass is 10.1. The minimum absolute atomic E-state index is 0.0513.